The molecule has 1 heterocycles. The molecule has 4 atom stereocenters. The van der Waals surface area contributed by atoms with Crippen LogP contribution in [0.4, 0.5) is 0 Å². The lowest BCUT2D eigenvalue weighted by molar-refractivity contribution is -0.142. The summed E-state index contributed by atoms with van der Waals surface area (Å²) in [6, 6.07) is 2.64. The molecule has 1 aliphatic rings. The number of primary amides is 1. The number of phenols is 1. The molecule has 2 aromatic carbocycles. The number of carbonyl (C=O) groups is 9. The summed E-state index contributed by atoms with van der Waals surface area (Å²) < 4.78 is 18.6. The van der Waals surface area contributed by atoms with E-state index in [2.05, 4.69) is 26.6 Å². The van der Waals surface area contributed by atoms with Gasteiger partial charge in [0.25, 0.3) is 11.8 Å². The van der Waals surface area contributed by atoms with Crippen LogP contribution in [-0.2, 0) is 59.0 Å². The molecular formula is C39H46I3N7O14. The Bertz CT molecular complexity index is 2050. The van der Waals surface area contributed by atoms with Crippen LogP contribution in [-0.4, -0.2) is 132 Å². The Morgan fingerprint density at radius 3 is 1.92 bits per heavy atom. The summed E-state index contributed by atoms with van der Waals surface area (Å²) in [6.45, 7) is 3.30. The first-order chi connectivity index (χ1) is 29.7. The molecule has 3 rings (SSSR count). The van der Waals surface area contributed by atoms with Gasteiger partial charge in [0.15, 0.2) is 5.75 Å². The van der Waals surface area contributed by atoms with Crippen molar-refractivity contribution in [1.82, 2.24) is 31.5 Å². The van der Waals surface area contributed by atoms with Crippen LogP contribution in [0.3, 0.4) is 0 Å². The lowest BCUT2D eigenvalue weighted by atomic mass is 10.0. The van der Waals surface area contributed by atoms with Gasteiger partial charge in [-0.3, -0.25) is 43.3 Å². The number of aliphatic carboxylic acids is 1. The van der Waals surface area contributed by atoms with E-state index in [1.807, 2.05) is 67.8 Å². The van der Waals surface area contributed by atoms with Crippen molar-refractivity contribution in [1.29, 1.82) is 0 Å². The number of halogens is 3. The molecule has 63 heavy (non-hydrogen) atoms. The molecule has 0 saturated carbocycles. The second-order valence-electron chi connectivity index (χ2n) is 13.7. The average Bonchev–Trinajstić information content (AvgIpc) is 3.53. The van der Waals surface area contributed by atoms with Gasteiger partial charge in [-0.25, -0.2) is 4.79 Å². The predicted molar refractivity (Wildman–Crippen MR) is 247 cm³/mol. The number of hydrogen-bond donors (Lipinski definition) is 8. The van der Waals surface area contributed by atoms with Crippen molar-refractivity contribution < 1.29 is 67.6 Å². The average molecular weight is 1220 g/mol. The number of benzene rings is 2. The van der Waals surface area contributed by atoms with E-state index < -0.39 is 77.9 Å². The van der Waals surface area contributed by atoms with Crippen LogP contribution in [0, 0.1) is 10.7 Å². The monoisotopic (exact) mass is 1220 g/mol. The standard InChI is InChI=1S/C39H46I3N7O14/c1-20(45-32(53)8-11-61-13-14-62-12-9-44-31(52)7-10-49-33(54)5-6-34(49)55)36(56)46-21(2)37(57)47-27(19-30(43)51)38(58)48-28(39(59)60)17-22-15-25(41)35(26(42)16-22)63-23-3-4-29(50)24(40)18-23/h3-6,15-16,18,20-21,27-28,50H,7-14,17,19H2,1-2H3,(H2,43,51)(H,44,52)(H,45,53)(H,46,56)(H,47,57)(H,48,58)(H,59,60)/t20-,21-,27-,28-/m0/s1. The molecule has 0 spiro atoms. The number of carboxylic acid groups (broad SMARTS) is 1. The summed E-state index contributed by atoms with van der Waals surface area (Å²) in [4.78, 5) is 112. The molecule has 0 bridgehead atoms. The zero-order valence-corrected chi connectivity index (χ0v) is 40.3. The van der Waals surface area contributed by atoms with Crippen molar-refractivity contribution in [2.45, 2.75) is 63.7 Å². The maximum absolute atomic E-state index is 13.3. The molecule has 0 aliphatic carbocycles. The van der Waals surface area contributed by atoms with E-state index in [9.17, 15) is 53.4 Å². The van der Waals surface area contributed by atoms with Gasteiger partial charge in [-0.2, -0.15) is 0 Å². The number of phenolic OH excluding ortho intramolecular Hbond substituents is 1. The number of nitrogens with zero attached hydrogens (tertiary/aromatic N) is 1. The van der Waals surface area contributed by atoms with Crippen molar-refractivity contribution in [3.05, 3.63) is 58.8 Å². The third-order valence-electron chi connectivity index (χ3n) is 8.69. The maximum atomic E-state index is 13.3. The fraction of sp³-hybridized carbons (Fsp3) is 0.410. The number of ether oxygens (including phenoxy) is 3. The van der Waals surface area contributed by atoms with Gasteiger partial charge in [-0.15, -0.1) is 0 Å². The molecule has 1 aliphatic heterocycles. The second kappa shape index (κ2) is 26.2. The normalized spacial score (nSPS) is 14.0. The van der Waals surface area contributed by atoms with Crippen molar-refractivity contribution in [2.75, 3.05) is 39.5 Å². The number of hydrogen-bond acceptors (Lipinski definition) is 13. The van der Waals surface area contributed by atoms with Gasteiger partial charge < -0.3 is 56.7 Å². The quantitative estimate of drug-likeness (QED) is 0.0358. The minimum absolute atomic E-state index is 0.00456. The lowest BCUT2D eigenvalue weighted by Gasteiger charge is -2.23. The lowest BCUT2D eigenvalue weighted by Crippen LogP contribution is -2.57. The first-order valence-corrected chi connectivity index (χ1v) is 22.3. The summed E-state index contributed by atoms with van der Waals surface area (Å²) in [5, 5.41) is 31.9. The molecule has 21 nitrogen and oxygen atoms in total. The Kier molecular flexibility index (Phi) is 21.9. The van der Waals surface area contributed by atoms with Gasteiger partial charge in [0.05, 0.1) is 43.6 Å². The molecule has 9 N–H and O–H groups in total. The van der Waals surface area contributed by atoms with Gasteiger partial charge in [0.2, 0.25) is 35.4 Å². The molecule has 24 heteroatoms. The van der Waals surface area contributed by atoms with Crippen LogP contribution >= 0.6 is 67.8 Å². The molecular weight excluding hydrogens is 1170 g/mol. The van der Waals surface area contributed by atoms with Crippen LogP contribution in [0.5, 0.6) is 17.2 Å². The number of aromatic hydroxyl groups is 1. The fourth-order valence-electron chi connectivity index (χ4n) is 5.40. The van der Waals surface area contributed by atoms with Gasteiger partial charge in [0, 0.05) is 44.5 Å². The van der Waals surface area contributed by atoms with Gasteiger partial charge in [-0.1, -0.05) is 0 Å². The fourth-order valence-corrected chi connectivity index (χ4v) is 8.00. The largest absolute Gasteiger partial charge is 0.507 e. The number of carbonyl (C=O) groups excluding carboxylic acids is 8. The van der Waals surface area contributed by atoms with Crippen LogP contribution in [0.1, 0.15) is 38.7 Å². The summed E-state index contributed by atoms with van der Waals surface area (Å²) >= 11 is 6.02. The Balaban J connectivity index is 1.39. The smallest absolute Gasteiger partial charge is 0.326 e. The molecule has 0 unspecified atom stereocenters. The Hall–Kier alpha value is -4.68. The highest BCUT2D eigenvalue weighted by molar-refractivity contribution is 14.1. The number of nitrogens with two attached hydrogens (primary N) is 1. The third-order valence-corrected chi connectivity index (χ3v) is 11.2. The van der Waals surface area contributed by atoms with Crippen molar-refractivity contribution in [3.8, 4) is 17.2 Å². The van der Waals surface area contributed by atoms with Crippen molar-refractivity contribution >= 4 is 121 Å². The highest BCUT2D eigenvalue weighted by Gasteiger charge is 2.31. The molecule has 2 aromatic rings. The number of carboxylic acids is 1. The van der Waals surface area contributed by atoms with E-state index in [4.69, 9.17) is 19.9 Å². The molecule has 0 radical (unpaired) electrons. The maximum Gasteiger partial charge on any atom is 0.326 e. The van der Waals surface area contributed by atoms with Gasteiger partial charge in [0.1, 0.15) is 35.7 Å². The molecule has 0 fully saturated rings. The molecule has 0 aromatic heterocycles. The van der Waals surface area contributed by atoms with Gasteiger partial charge in [-0.05, 0) is 118 Å². The highest BCUT2D eigenvalue weighted by atomic mass is 127. The van der Waals surface area contributed by atoms with E-state index >= 15 is 0 Å². The SMILES string of the molecule is C[C@H](NC(=O)CCOCCOCCNC(=O)CCN1C(=O)C=CC1=O)C(=O)N[C@@H](C)C(=O)N[C@@H](CC(N)=O)C(=O)N[C@@H](Cc1cc(I)c(Oc2ccc(O)c(I)c2)c(I)c1)C(=O)O. The van der Waals surface area contributed by atoms with Gasteiger partial charge >= 0.3 is 5.97 Å². The van der Waals surface area contributed by atoms with E-state index in [1.54, 1.807) is 24.3 Å². The summed E-state index contributed by atoms with van der Waals surface area (Å²) in [6.07, 6.45) is 1.26. The van der Waals surface area contributed by atoms with Crippen LogP contribution < -0.4 is 37.1 Å². The van der Waals surface area contributed by atoms with Crippen molar-refractivity contribution in [2.24, 2.45) is 5.73 Å². The number of amides is 8. The first-order valence-electron chi connectivity index (χ1n) is 19.1. The number of rotatable bonds is 26. The Morgan fingerprint density at radius 1 is 0.730 bits per heavy atom. The topological polar surface area (TPSA) is 311 Å². The zero-order chi connectivity index (χ0) is 46.8. The minimum Gasteiger partial charge on any atom is -0.507 e. The predicted octanol–water partition coefficient (Wildman–Crippen LogP) is 0.334. The zero-order valence-electron chi connectivity index (χ0n) is 33.9. The molecule has 8 amide bonds. The number of imide groups is 1. The summed E-state index contributed by atoms with van der Waals surface area (Å²) in [7, 11) is 0. The van der Waals surface area contributed by atoms with Crippen LogP contribution in [0.15, 0.2) is 42.5 Å². The Morgan fingerprint density at radius 2 is 1.32 bits per heavy atom. The summed E-state index contributed by atoms with van der Waals surface area (Å²) in [5.74, 6) is -5.78. The van der Waals surface area contributed by atoms with E-state index in [0.29, 0.717) is 27.8 Å². The van der Waals surface area contributed by atoms with E-state index in [1.165, 1.54) is 19.9 Å². The minimum atomic E-state index is -1.60. The van der Waals surface area contributed by atoms with Crippen molar-refractivity contribution in [3.63, 3.8) is 0 Å². The summed E-state index contributed by atoms with van der Waals surface area (Å²) in [5.41, 5.74) is 5.85. The molecule has 0 saturated heterocycles. The Labute approximate surface area is 402 Å². The first kappa shape index (κ1) is 52.7. The highest BCUT2D eigenvalue weighted by Crippen LogP contribution is 2.35. The number of nitrogens with one attached hydrogen (secondary N) is 5. The van der Waals surface area contributed by atoms with E-state index in [0.717, 1.165) is 17.1 Å². The van der Waals surface area contributed by atoms with Crippen LogP contribution in [0.2, 0.25) is 0 Å². The second-order valence-corrected chi connectivity index (χ2v) is 17.2. The van der Waals surface area contributed by atoms with Crippen LogP contribution in [0.25, 0.3) is 0 Å². The third kappa shape index (κ3) is 18.1. The van der Waals surface area contributed by atoms with E-state index in [-0.39, 0.29) is 70.4 Å². The molecule has 342 valence electrons.